The van der Waals surface area contributed by atoms with Crippen molar-refractivity contribution in [1.82, 2.24) is 0 Å². The van der Waals surface area contributed by atoms with Gasteiger partial charge in [-0.1, -0.05) is 6.92 Å². The van der Waals surface area contributed by atoms with E-state index >= 15 is 0 Å². The van der Waals surface area contributed by atoms with Gasteiger partial charge in [-0.25, -0.2) is 0 Å². The van der Waals surface area contributed by atoms with Gasteiger partial charge >= 0.3 is 5.97 Å². The molecule has 0 heterocycles. The molecular weight excluding hydrogens is 166 g/mol. The Morgan fingerprint density at radius 3 is 2.14 bits per heavy atom. The zero-order valence-electron chi connectivity index (χ0n) is 4.77. The molecule has 0 aromatic rings. The molecule has 0 spiro atoms. The Kier molecular flexibility index (Phi) is 11.6. The second kappa shape index (κ2) is 7.28. The van der Waals surface area contributed by atoms with Gasteiger partial charge in [0.25, 0.3) is 0 Å². The summed E-state index contributed by atoms with van der Waals surface area (Å²) in [5.41, 5.74) is 0. The third-order valence-corrected chi connectivity index (χ3v) is 0.464. The number of hydrogen-bond acceptors (Lipinski definition) is 1. The van der Waals surface area contributed by atoms with Crippen LogP contribution in [0.4, 0.5) is 0 Å². The summed E-state index contributed by atoms with van der Waals surface area (Å²) in [5, 5.41) is 7.91. The third kappa shape index (κ3) is 11.1. The molecule has 0 fully saturated rings. The molecule has 0 saturated heterocycles. The summed E-state index contributed by atoms with van der Waals surface area (Å²) >= 11 is 0. The number of hydrogen-bond donors (Lipinski definition) is 1. The molecule has 0 unspecified atom stereocenters. The van der Waals surface area contributed by atoms with Crippen LogP contribution < -0.4 is 0 Å². The topological polar surface area (TPSA) is 37.3 Å². The van der Waals surface area contributed by atoms with Crippen molar-refractivity contribution in [2.75, 3.05) is 0 Å². The van der Waals surface area contributed by atoms with Crippen molar-refractivity contribution in [3.8, 4) is 0 Å². The monoisotopic (exact) mass is 173 g/mol. The average Bonchev–Trinajstić information content (AvgIpc) is 1.35. The van der Waals surface area contributed by atoms with Crippen LogP contribution in [0, 0.1) is 0 Å². The van der Waals surface area contributed by atoms with Crippen LogP contribution >= 0.6 is 0 Å². The Labute approximate surface area is 92.1 Å². The zero-order valence-corrected chi connectivity index (χ0v) is 9.69. The van der Waals surface area contributed by atoms with Gasteiger partial charge in [-0.15, -0.1) is 0 Å². The van der Waals surface area contributed by atoms with Crippen LogP contribution in [0.2, 0.25) is 0 Å². The van der Waals surface area contributed by atoms with E-state index in [1.165, 1.54) is 0 Å². The molecule has 0 aromatic heterocycles. The van der Waals surface area contributed by atoms with Crippen LogP contribution in [0.25, 0.3) is 0 Å². The predicted octanol–water partition coefficient (Wildman–Crippen LogP) is 0.490. The molecule has 1 N–H and O–H groups in total. The van der Waals surface area contributed by atoms with Crippen molar-refractivity contribution in [3.63, 3.8) is 0 Å². The number of rotatable bonds is 2. The molecule has 3 heteroatoms. The summed E-state index contributed by atoms with van der Waals surface area (Å²) in [4.78, 5) is 9.60. The number of carbonyl (C=O) groups is 1. The minimum Gasteiger partial charge on any atom is -0.481 e. The number of carboxylic acid groups (broad SMARTS) is 1. The Balaban J connectivity index is 0. The maximum Gasteiger partial charge on any atom is 0.303 e. The van der Waals surface area contributed by atoms with Gasteiger partial charge in [0, 0.05) is 64.6 Å². The van der Waals surface area contributed by atoms with Crippen molar-refractivity contribution < 1.29 is 9.90 Å². The summed E-state index contributed by atoms with van der Waals surface area (Å²) < 4.78 is 0. The van der Waals surface area contributed by atoms with Gasteiger partial charge in [0.15, 0.2) is 0 Å². The molecule has 0 amide bonds. The van der Waals surface area contributed by atoms with E-state index in [0.29, 0.717) is 6.42 Å². The van der Waals surface area contributed by atoms with Crippen LogP contribution in [-0.4, -0.2) is 69.3 Å². The maximum atomic E-state index is 9.60. The van der Waals surface area contributed by atoms with Crippen LogP contribution in [0.5, 0.6) is 0 Å². The van der Waals surface area contributed by atoms with Gasteiger partial charge in [0.2, 0.25) is 0 Å². The minimum absolute atomic E-state index is 0. The molecule has 0 aliphatic rings. The molecule has 0 rings (SSSR count). The molecule has 0 aliphatic carbocycles. The molecule has 0 bridgehead atoms. The van der Waals surface area contributed by atoms with Crippen molar-refractivity contribution in [2.45, 2.75) is 19.8 Å². The van der Waals surface area contributed by atoms with Gasteiger partial charge < -0.3 is 5.11 Å². The van der Waals surface area contributed by atoms with Crippen LogP contribution in [-0.2, 0) is 4.79 Å². The first kappa shape index (κ1) is 11.1. The normalized spacial score (nSPS) is 7.00. The quantitative estimate of drug-likeness (QED) is 0.660. The molecule has 1 radical (unpaired) electrons. The fourth-order valence-electron chi connectivity index (χ4n) is 0.214. The molecule has 0 aliphatic heterocycles. The largest absolute Gasteiger partial charge is 0.481 e. The van der Waals surface area contributed by atoms with E-state index in [1.54, 1.807) is 0 Å². The van der Waals surface area contributed by atoms with Gasteiger partial charge in [0.1, 0.15) is 0 Å². The van der Waals surface area contributed by atoms with Crippen molar-refractivity contribution in [1.29, 1.82) is 0 Å². The Bertz CT molecular complexity index is 53.7. The van der Waals surface area contributed by atoms with Gasteiger partial charge in [0.05, 0.1) is 0 Å². The maximum absolute atomic E-state index is 9.60. The van der Waals surface area contributed by atoms with Crippen molar-refractivity contribution in [3.05, 3.63) is 0 Å². The van der Waals surface area contributed by atoms with Gasteiger partial charge in [-0.05, 0) is 6.42 Å². The van der Waals surface area contributed by atoms with Crippen LogP contribution in [0.3, 0.4) is 0 Å². The second-order valence-electron chi connectivity index (χ2n) is 1.14. The van der Waals surface area contributed by atoms with E-state index in [4.69, 9.17) is 5.11 Å². The molecule has 7 heavy (non-hydrogen) atoms. The van der Waals surface area contributed by atoms with Crippen molar-refractivity contribution in [2.24, 2.45) is 0 Å². The number of aliphatic carboxylic acids is 1. The second-order valence-corrected chi connectivity index (χ2v) is 1.14. The van der Waals surface area contributed by atoms with Gasteiger partial charge in [-0.2, -0.15) is 0 Å². The Morgan fingerprint density at radius 1 is 1.71 bits per heavy atom. The van der Waals surface area contributed by atoms with Crippen LogP contribution in [0.15, 0.2) is 0 Å². The van der Waals surface area contributed by atoms with E-state index < -0.39 is 5.97 Å². The van der Waals surface area contributed by atoms with E-state index in [1.807, 2.05) is 6.92 Å². The fourth-order valence-corrected chi connectivity index (χ4v) is 0.214. The molecule has 0 aromatic carbocycles. The molecular formula is C4H8O2Rb. The predicted molar refractivity (Wildman–Crippen MR) is 28.3 cm³/mol. The van der Waals surface area contributed by atoms with E-state index in [9.17, 15) is 4.79 Å². The third-order valence-electron chi connectivity index (χ3n) is 0.464. The average molecular weight is 174 g/mol. The van der Waals surface area contributed by atoms with Crippen molar-refractivity contribution >= 4 is 64.2 Å². The molecule has 2 nitrogen and oxygen atoms in total. The summed E-state index contributed by atoms with van der Waals surface area (Å²) in [5.74, 6) is -0.711. The first-order valence-corrected chi connectivity index (χ1v) is 1.99. The summed E-state index contributed by atoms with van der Waals surface area (Å²) in [6.07, 6.45) is 1.02. The van der Waals surface area contributed by atoms with E-state index in [-0.39, 0.29) is 58.2 Å². The summed E-state index contributed by atoms with van der Waals surface area (Å²) in [6.45, 7) is 1.84. The van der Waals surface area contributed by atoms with E-state index in [0.717, 1.165) is 6.42 Å². The number of carboxylic acids is 1. The summed E-state index contributed by atoms with van der Waals surface area (Å²) in [7, 11) is 0. The first-order valence-electron chi connectivity index (χ1n) is 1.99. The van der Waals surface area contributed by atoms with Gasteiger partial charge in [-0.3, -0.25) is 4.79 Å². The molecule has 0 atom stereocenters. The van der Waals surface area contributed by atoms with E-state index in [2.05, 4.69) is 0 Å². The molecule has 37 valence electrons. The summed E-state index contributed by atoms with van der Waals surface area (Å²) in [6, 6.07) is 0. The standard InChI is InChI=1S/C4H8O2.Rb/c1-2-3-4(5)6;/h2-3H2,1H3,(H,5,6);. The fraction of sp³-hybridized carbons (Fsp3) is 0.750. The van der Waals surface area contributed by atoms with Crippen LogP contribution in [0.1, 0.15) is 19.8 Å². The minimum atomic E-state index is -0.711. The Morgan fingerprint density at radius 2 is 2.14 bits per heavy atom. The zero-order chi connectivity index (χ0) is 4.99. The first-order chi connectivity index (χ1) is 2.77. The Hall–Kier alpha value is 1.28. The smallest absolute Gasteiger partial charge is 0.303 e. The SMILES string of the molecule is CCCC(=O)O.[Rb]. The molecule has 0 saturated carbocycles.